The second-order valence-electron chi connectivity index (χ2n) is 6.27. The number of rotatable bonds is 5. The number of aryl methyl sites for hydroxylation is 2. The van der Waals surface area contributed by atoms with Crippen LogP contribution in [-0.4, -0.2) is 54.4 Å². The summed E-state index contributed by atoms with van der Waals surface area (Å²) in [6, 6.07) is 0.0342. The van der Waals surface area contributed by atoms with E-state index in [1.54, 1.807) is 4.90 Å². The SMILES string of the molecule is Cc1nc(NC(=O)N(C[C@H]2CCCO2)C[C@H]2CCCO2)oc1C. The van der Waals surface area contributed by atoms with Gasteiger partial charge in [-0.15, -0.1) is 0 Å². The van der Waals surface area contributed by atoms with Crippen LogP contribution in [0.15, 0.2) is 4.42 Å². The molecule has 2 aliphatic heterocycles. The van der Waals surface area contributed by atoms with Crippen LogP contribution >= 0.6 is 0 Å². The maximum Gasteiger partial charge on any atom is 0.325 e. The standard InChI is InChI=1S/C16H25N3O4/c1-11-12(2)23-15(17-11)18-16(20)19(9-13-5-3-7-21-13)10-14-6-4-8-22-14/h13-14H,3-10H2,1-2H3,(H,17,18,20)/t13-,14-/m1/s1. The molecule has 2 fully saturated rings. The minimum Gasteiger partial charge on any atom is -0.428 e. The summed E-state index contributed by atoms with van der Waals surface area (Å²) < 4.78 is 16.8. The third-order valence-corrected chi connectivity index (χ3v) is 4.43. The number of hydrogen-bond acceptors (Lipinski definition) is 5. The van der Waals surface area contributed by atoms with Crippen LogP contribution in [0.4, 0.5) is 10.8 Å². The molecule has 3 heterocycles. The quantitative estimate of drug-likeness (QED) is 0.901. The summed E-state index contributed by atoms with van der Waals surface area (Å²) >= 11 is 0. The van der Waals surface area contributed by atoms with Crippen LogP contribution in [0.1, 0.15) is 37.1 Å². The van der Waals surface area contributed by atoms with Gasteiger partial charge in [-0.25, -0.2) is 4.79 Å². The molecule has 0 aromatic carbocycles. The van der Waals surface area contributed by atoms with Crippen molar-refractivity contribution in [1.82, 2.24) is 9.88 Å². The maximum atomic E-state index is 12.6. The summed E-state index contributed by atoms with van der Waals surface area (Å²) in [5.41, 5.74) is 0.783. The topological polar surface area (TPSA) is 76.8 Å². The molecular weight excluding hydrogens is 298 g/mol. The molecule has 1 aromatic heterocycles. The Morgan fingerprint density at radius 1 is 1.17 bits per heavy atom. The summed E-state index contributed by atoms with van der Waals surface area (Å²) in [6.07, 6.45) is 4.31. The van der Waals surface area contributed by atoms with Gasteiger partial charge < -0.3 is 18.8 Å². The van der Waals surface area contributed by atoms with Gasteiger partial charge >= 0.3 is 12.0 Å². The lowest BCUT2D eigenvalue weighted by molar-refractivity contribution is 0.0523. The first-order valence-electron chi connectivity index (χ1n) is 8.35. The molecule has 2 aliphatic rings. The van der Waals surface area contributed by atoms with E-state index in [2.05, 4.69) is 10.3 Å². The molecule has 128 valence electrons. The molecule has 7 heteroatoms. The first-order valence-corrected chi connectivity index (χ1v) is 8.35. The highest BCUT2D eigenvalue weighted by molar-refractivity contribution is 5.87. The maximum absolute atomic E-state index is 12.6. The van der Waals surface area contributed by atoms with Crippen molar-refractivity contribution < 1.29 is 18.7 Å². The monoisotopic (exact) mass is 323 g/mol. The molecule has 0 saturated carbocycles. The van der Waals surface area contributed by atoms with Crippen molar-refractivity contribution in [2.45, 2.75) is 51.7 Å². The molecule has 1 N–H and O–H groups in total. The Labute approximate surface area is 136 Å². The van der Waals surface area contributed by atoms with Crippen LogP contribution < -0.4 is 5.32 Å². The zero-order chi connectivity index (χ0) is 16.2. The molecule has 2 saturated heterocycles. The molecule has 1 aromatic rings. The Hall–Kier alpha value is -1.60. The lowest BCUT2D eigenvalue weighted by Gasteiger charge is -2.27. The molecule has 0 aliphatic carbocycles. The van der Waals surface area contributed by atoms with Crippen molar-refractivity contribution in [3.8, 4) is 0 Å². The van der Waals surface area contributed by atoms with Crippen molar-refractivity contribution in [3.05, 3.63) is 11.5 Å². The number of hydrogen-bond donors (Lipinski definition) is 1. The van der Waals surface area contributed by atoms with Crippen LogP contribution in [0.3, 0.4) is 0 Å². The average molecular weight is 323 g/mol. The first kappa shape index (κ1) is 16.3. The number of carbonyl (C=O) groups is 1. The highest BCUT2D eigenvalue weighted by Gasteiger charge is 2.27. The van der Waals surface area contributed by atoms with Gasteiger partial charge in [0.15, 0.2) is 0 Å². The lowest BCUT2D eigenvalue weighted by Crippen LogP contribution is -2.44. The summed E-state index contributed by atoms with van der Waals surface area (Å²) in [6.45, 7) is 6.38. The van der Waals surface area contributed by atoms with Gasteiger partial charge in [-0.05, 0) is 39.5 Å². The third-order valence-electron chi connectivity index (χ3n) is 4.43. The Balaban J connectivity index is 1.63. The fraction of sp³-hybridized carbons (Fsp3) is 0.750. The normalized spacial score (nSPS) is 24.1. The molecule has 7 nitrogen and oxygen atoms in total. The van der Waals surface area contributed by atoms with Crippen LogP contribution in [0, 0.1) is 13.8 Å². The molecule has 0 bridgehead atoms. The van der Waals surface area contributed by atoms with E-state index in [1.807, 2.05) is 13.8 Å². The van der Waals surface area contributed by atoms with Crippen molar-refractivity contribution in [1.29, 1.82) is 0 Å². The van der Waals surface area contributed by atoms with Crippen molar-refractivity contribution in [3.63, 3.8) is 0 Å². The molecule has 2 amide bonds. The van der Waals surface area contributed by atoms with E-state index in [-0.39, 0.29) is 24.3 Å². The van der Waals surface area contributed by atoms with Gasteiger partial charge in [-0.2, -0.15) is 4.98 Å². The number of nitrogens with zero attached hydrogens (tertiary/aromatic N) is 2. The fourth-order valence-corrected chi connectivity index (χ4v) is 3.01. The fourth-order valence-electron chi connectivity index (χ4n) is 3.01. The largest absolute Gasteiger partial charge is 0.428 e. The van der Waals surface area contributed by atoms with E-state index < -0.39 is 0 Å². The zero-order valence-corrected chi connectivity index (χ0v) is 13.8. The minimum atomic E-state index is -0.211. The number of aromatic nitrogens is 1. The van der Waals surface area contributed by atoms with Crippen LogP contribution in [0.5, 0.6) is 0 Å². The predicted octanol–water partition coefficient (Wildman–Crippen LogP) is 2.48. The van der Waals surface area contributed by atoms with Gasteiger partial charge in [-0.3, -0.25) is 5.32 Å². The molecule has 0 radical (unpaired) electrons. The van der Waals surface area contributed by atoms with E-state index in [4.69, 9.17) is 13.9 Å². The van der Waals surface area contributed by atoms with Crippen LogP contribution in [0.2, 0.25) is 0 Å². The predicted molar refractivity (Wildman–Crippen MR) is 84.5 cm³/mol. The third kappa shape index (κ3) is 4.23. The number of urea groups is 1. The Morgan fingerprint density at radius 2 is 1.78 bits per heavy atom. The molecule has 0 spiro atoms. The van der Waals surface area contributed by atoms with E-state index in [0.717, 1.165) is 44.6 Å². The van der Waals surface area contributed by atoms with E-state index in [0.29, 0.717) is 18.8 Å². The number of carbonyl (C=O) groups excluding carboxylic acids is 1. The smallest absolute Gasteiger partial charge is 0.325 e. The average Bonchev–Trinajstić information content (AvgIpc) is 3.23. The summed E-state index contributed by atoms with van der Waals surface area (Å²) in [7, 11) is 0. The molecule has 3 rings (SSSR count). The number of nitrogens with one attached hydrogen (secondary N) is 1. The highest BCUT2D eigenvalue weighted by atomic mass is 16.5. The molecule has 23 heavy (non-hydrogen) atoms. The zero-order valence-electron chi connectivity index (χ0n) is 13.8. The summed E-state index contributed by atoms with van der Waals surface area (Å²) in [4.78, 5) is 18.6. The molecule has 2 atom stereocenters. The van der Waals surface area contributed by atoms with Crippen LogP contribution in [0.25, 0.3) is 0 Å². The van der Waals surface area contributed by atoms with Gasteiger partial charge in [0.1, 0.15) is 5.76 Å². The van der Waals surface area contributed by atoms with Gasteiger partial charge in [0.2, 0.25) is 0 Å². The summed E-state index contributed by atoms with van der Waals surface area (Å²) in [5.74, 6) is 0.713. The molecule has 0 unspecified atom stereocenters. The van der Waals surface area contributed by atoms with Crippen molar-refractivity contribution in [2.75, 3.05) is 31.6 Å². The Kier molecular flexibility index (Phi) is 5.17. The Morgan fingerprint density at radius 3 is 2.22 bits per heavy atom. The number of amides is 2. The van der Waals surface area contributed by atoms with E-state index in [9.17, 15) is 4.79 Å². The van der Waals surface area contributed by atoms with Crippen molar-refractivity contribution >= 4 is 12.0 Å². The molecular formula is C16H25N3O4. The first-order chi connectivity index (χ1) is 11.1. The number of anilines is 1. The van der Waals surface area contributed by atoms with E-state index in [1.165, 1.54) is 0 Å². The van der Waals surface area contributed by atoms with E-state index >= 15 is 0 Å². The van der Waals surface area contributed by atoms with Crippen LogP contribution in [-0.2, 0) is 9.47 Å². The Bertz CT molecular complexity index is 496. The van der Waals surface area contributed by atoms with Gasteiger partial charge in [-0.1, -0.05) is 0 Å². The number of ether oxygens (including phenoxy) is 2. The lowest BCUT2D eigenvalue weighted by atomic mass is 10.2. The van der Waals surface area contributed by atoms with Crippen molar-refractivity contribution in [2.24, 2.45) is 0 Å². The van der Waals surface area contributed by atoms with Gasteiger partial charge in [0.25, 0.3) is 0 Å². The second kappa shape index (κ2) is 7.31. The summed E-state index contributed by atoms with van der Waals surface area (Å²) in [5, 5.41) is 2.75. The second-order valence-corrected chi connectivity index (χ2v) is 6.27. The minimum absolute atomic E-state index is 0.107. The van der Waals surface area contributed by atoms with Gasteiger partial charge in [0.05, 0.1) is 17.9 Å². The van der Waals surface area contributed by atoms with Gasteiger partial charge in [0, 0.05) is 26.3 Å². The number of oxazole rings is 1. The highest BCUT2D eigenvalue weighted by Crippen LogP contribution is 2.19.